The minimum absolute atomic E-state index is 0.210. The summed E-state index contributed by atoms with van der Waals surface area (Å²) in [4.78, 5) is 24.4. The number of nitrogens with zero attached hydrogens (tertiary/aromatic N) is 4. The van der Waals surface area contributed by atoms with E-state index in [1.165, 1.54) is 5.69 Å². The van der Waals surface area contributed by atoms with E-state index in [-0.39, 0.29) is 11.9 Å². The van der Waals surface area contributed by atoms with Crippen LogP contribution >= 0.6 is 0 Å². The maximum atomic E-state index is 11.7. The maximum absolute atomic E-state index is 11.7. The van der Waals surface area contributed by atoms with Crippen LogP contribution in [0, 0.1) is 0 Å². The average Bonchev–Trinajstić information content (AvgIpc) is 3.17. The molecular weight excluding hydrogens is 382 g/mol. The molecule has 0 atom stereocenters. The predicted molar refractivity (Wildman–Crippen MR) is 118 cm³/mol. The first-order chi connectivity index (χ1) is 14.7. The number of rotatable bonds is 8. The number of hydrogen-bond donors (Lipinski definition) is 3. The van der Waals surface area contributed by atoms with Crippen molar-refractivity contribution in [2.45, 2.75) is 19.3 Å². The maximum Gasteiger partial charge on any atom is 0.223 e. The summed E-state index contributed by atoms with van der Waals surface area (Å²) in [7, 11) is 0. The Kier molecular flexibility index (Phi) is 6.48. The van der Waals surface area contributed by atoms with Gasteiger partial charge in [0.1, 0.15) is 11.6 Å². The van der Waals surface area contributed by atoms with Gasteiger partial charge in [0, 0.05) is 56.6 Å². The zero-order chi connectivity index (χ0) is 20.8. The molecule has 1 aromatic heterocycles. The number of amides is 1. The average molecular weight is 412 g/mol. The van der Waals surface area contributed by atoms with Crippen LogP contribution in [0.4, 0.5) is 29.0 Å². The summed E-state index contributed by atoms with van der Waals surface area (Å²) in [5.74, 6) is 1.77. The van der Waals surface area contributed by atoms with Crippen molar-refractivity contribution in [1.29, 1.82) is 0 Å². The highest BCUT2D eigenvalue weighted by molar-refractivity contribution is 5.78. The van der Waals surface area contributed by atoms with Crippen LogP contribution < -0.4 is 21.3 Å². The molecule has 9 nitrogen and oxygen atoms in total. The number of benzene rings is 1. The Balaban J connectivity index is 1.30. The van der Waals surface area contributed by atoms with Crippen molar-refractivity contribution >= 4 is 34.9 Å². The third-order valence-electron chi connectivity index (χ3n) is 5.34. The van der Waals surface area contributed by atoms with Crippen LogP contribution in [0.2, 0.25) is 0 Å². The van der Waals surface area contributed by atoms with Crippen molar-refractivity contribution in [3.05, 3.63) is 30.3 Å². The lowest BCUT2D eigenvalue weighted by Crippen LogP contribution is -2.36. The number of nitrogens with one attached hydrogen (secondary N) is 2. The molecule has 4 N–H and O–H groups in total. The summed E-state index contributed by atoms with van der Waals surface area (Å²) in [6, 6.07) is 10.1. The van der Waals surface area contributed by atoms with Crippen LogP contribution in [0.3, 0.4) is 0 Å². The van der Waals surface area contributed by atoms with Crippen LogP contribution in [0.5, 0.6) is 0 Å². The van der Waals surface area contributed by atoms with Gasteiger partial charge in [-0.3, -0.25) is 4.79 Å². The Hall–Kier alpha value is -3.07. The zero-order valence-corrected chi connectivity index (χ0v) is 17.1. The summed E-state index contributed by atoms with van der Waals surface area (Å²) in [6.45, 7) is 5.72. The number of nitrogen functional groups attached to an aromatic ring is 1. The van der Waals surface area contributed by atoms with E-state index in [2.05, 4.69) is 37.6 Å². The Morgan fingerprint density at radius 3 is 2.57 bits per heavy atom. The topological polar surface area (TPSA) is 109 Å². The molecule has 0 aliphatic carbocycles. The molecule has 1 aromatic carbocycles. The molecule has 30 heavy (non-hydrogen) atoms. The number of hydrogen-bond acceptors (Lipinski definition) is 8. The van der Waals surface area contributed by atoms with E-state index in [4.69, 9.17) is 10.5 Å². The number of nitrogens with two attached hydrogens (primary N) is 1. The molecule has 1 amide bonds. The molecule has 0 spiro atoms. The number of ether oxygens (including phenoxy) is 1. The van der Waals surface area contributed by atoms with Gasteiger partial charge in [0.2, 0.25) is 11.9 Å². The number of likely N-dealkylation sites (tertiary alicyclic amines) is 1. The normalized spacial score (nSPS) is 16.7. The van der Waals surface area contributed by atoms with Gasteiger partial charge in [-0.25, -0.2) is 0 Å². The summed E-state index contributed by atoms with van der Waals surface area (Å²) in [5, 5.41) is 6.56. The van der Waals surface area contributed by atoms with E-state index in [0.29, 0.717) is 24.6 Å². The van der Waals surface area contributed by atoms with Crippen LogP contribution in [0.1, 0.15) is 19.3 Å². The molecule has 0 bridgehead atoms. The second-order valence-electron chi connectivity index (χ2n) is 7.53. The fraction of sp³-hybridized carbons (Fsp3) is 0.476. The molecule has 2 fully saturated rings. The molecule has 0 saturated carbocycles. The van der Waals surface area contributed by atoms with Crippen LogP contribution in [-0.4, -0.2) is 66.7 Å². The number of carbonyl (C=O) groups excluding carboxylic acids is 1. The lowest BCUT2D eigenvalue weighted by Gasteiger charge is -2.28. The number of morpholine rings is 1. The Bertz CT molecular complexity index is 853. The summed E-state index contributed by atoms with van der Waals surface area (Å²) >= 11 is 0. The van der Waals surface area contributed by atoms with Gasteiger partial charge in [-0.1, -0.05) is 0 Å². The first-order valence-electron chi connectivity index (χ1n) is 10.5. The Morgan fingerprint density at radius 1 is 1.07 bits per heavy atom. The molecular formula is C21H29N7O2. The van der Waals surface area contributed by atoms with Crippen molar-refractivity contribution in [1.82, 2.24) is 14.9 Å². The molecule has 2 saturated heterocycles. The Labute approximate surface area is 176 Å². The van der Waals surface area contributed by atoms with Gasteiger partial charge in [-0.2, -0.15) is 9.97 Å². The minimum Gasteiger partial charge on any atom is -0.378 e. The monoisotopic (exact) mass is 411 g/mol. The third-order valence-corrected chi connectivity index (χ3v) is 5.34. The molecule has 160 valence electrons. The van der Waals surface area contributed by atoms with Crippen molar-refractivity contribution in [3.8, 4) is 0 Å². The fourth-order valence-corrected chi connectivity index (χ4v) is 3.77. The number of anilines is 5. The van der Waals surface area contributed by atoms with Gasteiger partial charge in [-0.05, 0) is 37.1 Å². The second kappa shape index (κ2) is 9.62. The number of carbonyl (C=O) groups is 1. The molecule has 2 aliphatic heterocycles. The molecule has 0 unspecified atom stereocenters. The highest BCUT2D eigenvalue weighted by atomic mass is 16.5. The molecule has 2 aliphatic rings. The smallest absolute Gasteiger partial charge is 0.223 e. The zero-order valence-electron chi connectivity index (χ0n) is 17.1. The quantitative estimate of drug-likeness (QED) is 0.567. The fourth-order valence-electron chi connectivity index (χ4n) is 3.77. The third kappa shape index (κ3) is 5.29. The van der Waals surface area contributed by atoms with Gasteiger partial charge in [0.25, 0.3) is 0 Å². The van der Waals surface area contributed by atoms with Gasteiger partial charge < -0.3 is 30.9 Å². The van der Waals surface area contributed by atoms with E-state index in [1.54, 1.807) is 0 Å². The van der Waals surface area contributed by atoms with Crippen molar-refractivity contribution in [2.24, 2.45) is 0 Å². The van der Waals surface area contributed by atoms with Crippen LogP contribution in [0.25, 0.3) is 0 Å². The summed E-state index contributed by atoms with van der Waals surface area (Å²) < 4.78 is 5.41. The molecule has 4 rings (SSSR count). The summed E-state index contributed by atoms with van der Waals surface area (Å²) in [5.41, 5.74) is 8.00. The second-order valence-corrected chi connectivity index (χ2v) is 7.53. The van der Waals surface area contributed by atoms with Gasteiger partial charge in [-0.15, -0.1) is 0 Å². The van der Waals surface area contributed by atoms with E-state index in [9.17, 15) is 4.79 Å². The van der Waals surface area contributed by atoms with E-state index >= 15 is 0 Å². The molecule has 3 heterocycles. The van der Waals surface area contributed by atoms with E-state index < -0.39 is 0 Å². The highest BCUT2D eigenvalue weighted by Crippen LogP contribution is 2.22. The van der Waals surface area contributed by atoms with Gasteiger partial charge in [0.15, 0.2) is 0 Å². The van der Waals surface area contributed by atoms with E-state index in [0.717, 1.165) is 57.9 Å². The van der Waals surface area contributed by atoms with Crippen molar-refractivity contribution < 1.29 is 9.53 Å². The van der Waals surface area contributed by atoms with Crippen LogP contribution in [0.15, 0.2) is 30.3 Å². The van der Waals surface area contributed by atoms with Gasteiger partial charge in [0.05, 0.1) is 13.2 Å². The SMILES string of the molecule is Nc1nc(NCCCN2CCCC2=O)cc(Nc2ccc(N3CCOCC3)cc2)n1. The Morgan fingerprint density at radius 2 is 1.83 bits per heavy atom. The molecule has 9 heteroatoms. The van der Waals surface area contributed by atoms with Crippen LogP contribution in [-0.2, 0) is 9.53 Å². The first-order valence-corrected chi connectivity index (χ1v) is 10.5. The standard InChI is InChI=1S/C21H29N7O2/c22-21-25-18(23-8-2-10-28-9-1-3-20(28)29)15-19(26-21)24-16-4-6-17(7-5-16)27-11-13-30-14-12-27/h4-7,15H,1-3,8-14H2,(H4,22,23,24,25,26). The lowest BCUT2D eigenvalue weighted by atomic mass is 10.2. The predicted octanol–water partition coefficient (Wildman–Crippen LogP) is 2.06. The van der Waals surface area contributed by atoms with Crippen molar-refractivity contribution in [3.63, 3.8) is 0 Å². The van der Waals surface area contributed by atoms with Crippen molar-refractivity contribution in [2.75, 3.05) is 67.2 Å². The first kappa shape index (κ1) is 20.2. The lowest BCUT2D eigenvalue weighted by molar-refractivity contribution is -0.127. The van der Waals surface area contributed by atoms with E-state index in [1.807, 2.05) is 23.1 Å². The number of aromatic nitrogens is 2. The molecule has 0 radical (unpaired) electrons. The molecule has 2 aromatic rings. The van der Waals surface area contributed by atoms with Gasteiger partial charge >= 0.3 is 0 Å². The highest BCUT2D eigenvalue weighted by Gasteiger charge is 2.19. The minimum atomic E-state index is 0.210. The largest absolute Gasteiger partial charge is 0.378 e. The summed E-state index contributed by atoms with van der Waals surface area (Å²) in [6.07, 6.45) is 2.51.